The maximum absolute atomic E-state index is 12.4. The van der Waals surface area contributed by atoms with Gasteiger partial charge in [0.25, 0.3) is 0 Å². The minimum absolute atomic E-state index is 0.00146. The minimum atomic E-state index is -4.89. The molecule has 0 spiro atoms. The van der Waals surface area contributed by atoms with Crippen LogP contribution in [0.25, 0.3) is 0 Å². The number of ether oxygens (including phenoxy) is 1. The van der Waals surface area contributed by atoms with Crippen molar-refractivity contribution in [2.75, 3.05) is 0 Å². The Morgan fingerprint density at radius 2 is 1.58 bits per heavy atom. The molecule has 1 N–H and O–H groups in total. The summed E-state index contributed by atoms with van der Waals surface area (Å²) < 4.78 is 67.7. The Labute approximate surface area is 146 Å². The lowest BCUT2D eigenvalue weighted by molar-refractivity contribution is -0.274. The molecule has 0 radical (unpaired) electrons. The van der Waals surface area contributed by atoms with E-state index in [-0.39, 0.29) is 20.5 Å². The van der Waals surface area contributed by atoms with Crippen LogP contribution in [0.15, 0.2) is 47.4 Å². The predicted molar refractivity (Wildman–Crippen MR) is 83.6 cm³/mol. The second-order valence-electron chi connectivity index (χ2n) is 4.53. The fourth-order valence-electron chi connectivity index (χ4n) is 1.86. The van der Waals surface area contributed by atoms with E-state index in [2.05, 4.69) is 9.46 Å². The van der Waals surface area contributed by atoms with Gasteiger partial charge in [0.2, 0.25) is 10.0 Å². The highest BCUT2D eigenvalue weighted by molar-refractivity contribution is 7.89. The molecular weight excluding hydrogens is 390 g/mol. The summed E-state index contributed by atoms with van der Waals surface area (Å²) in [6.45, 7) is -0.434. The number of alkyl halides is 3. The van der Waals surface area contributed by atoms with Gasteiger partial charge in [-0.3, -0.25) is 0 Å². The van der Waals surface area contributed by atoms with E-state index in [1.165, 1.54) is 36.4 Å². The highest BCUT2D eigenvalue weighted by Gasteiger charge is 2.32. The summed E-state index contributed by atoms with van der Waals surface area (Å²) in [7, 11) is -4.13. The largest absolute Gasteiger partial charge is 0.573 e. The monoisotopic (exact) mass is 399 g/mol. The molecule has 4 nitrogen and oxygen atoms in total. The molecule has 0 aromatic heterocycles. The van der Waals surface area contributed by atoms with Crippen molar-refractivity contribution in [3.05, 3.63) is 58.1 Å². The molecule has 0 saturated carbocycles. The molecule has 2 aromatic carbocycles. The number of halogens is 5. The second-order valence-corrected chi connectivity index (χ2v) is 7.05. The maximum atomic E-state index is 12.4. The van der Waals surface area contributed by atoms with Crippen molar-refractivity contribution in [1.29, 1.82) is 0 Å². The van der Waals surface area contributed by atoms with E-state index in [0.29, 0.717) is 0 Å². The van der Waals surface area contributed by atoms with Gasteiger partial charge in [0, 0.05) is 12.1 Å². The molecule has 0 bridgehead atoms. The molecule has 2 aromatic rings. The summed E-state index contributed by atoms with van der Waals surface area (Å²) in [5, 5.41) is -0.204. The number of para-hydroxylation sites is 1. The number of hydrogen-bond donors (Lipinski definition) is 1. The van der Waals surface area contributed by atoms with E-state index < -0.39 is 28.7 Å². The third-order valence-corrected chi connectivity index (χ3v) is 5.19. The van der Waals surface area contributed by atoms with Crippen molar-refractivity contribution in [2.45, 2.75) is 17.8 Å². The molecule has 0 heterocycles. The highest BCUT2D eigenvalue weighted by Crippen LogP contribution is 2.30. The molecule has 0 aliphatic heterocycles. The van der Waals surface area contributed by atoms with Crippen LogP contribution in [-0.4, -0.2) is 14.8 Å². The first-order valence-corrected chi connectivity index (χ1v) is 8.61. The SMILES string of the molecule is O=S(=O)(NCc1ccccc1OC(F)(F)F)c1c(Cl)cccc1Cl. The third-order valence-electron chi connectivity index (χ3n) is 2.84. The molecule has 130 valence electrons. The van der Waals surface area contributed by atoms with E-state index in [1.54, 1.807) is 0 Å². The van der Waals surface area contributed by atoms with Crippen molar-refractivity contribution in [1.82, 2.24) is 4.72 Å². The molecule has 0 amide bonds. The van der Waals surface area contributed by atoms with Crippen LogP contribution in [0.1, 0.15) is 5.56 Å². The van der Waals surface area contributed by atoms with Crippen LogP contribution in [0.4, 0.5) is 13.2 Å². The third kappa shape index (κ3) is 4.76. The average molecular weight is 400 g/mol. The highest BCUT2D eigenvalue weighted by atomic mass is 35.5. The first-order valence-electron chi connectivity index (χ1n) is 6.37. The van der Waals surface area contributed by atoms with Crippen LogP contribution in [0.2, 0.25) is 10.0 Å². The van der Waals surface area contributed by atoms with E-state index in [1.807, 2.05) is 0 Å². The van der Waals surface area contributed by atoms with Crippen molar-refractivity contribution < 1.29 is 26.3 Å². The molecule has 0 unspecified atom stereocenters. The average Bonchev–Trinajstić information content (AvgIpc) is 2.44. The smallest absolute Gasteiger partial charge is 0.405 e. The number of sulfonamides is 1. The Balaban J connectivity index is 2.25. The van der Waals surface area contributed by atoms with E-state index in [9.17, 15) is 21.6 Å². The summed E-state index contributed by atoms with van der Waals surface area (Å²) >= 11 is 11.7. The number of benzene rings is 2. The minimum Gasteiger partial charge on any atom is -0.405 e. The van der Waals surface area contributed by atoms with Crippen LogP contribution in [0, 0.1) is 0 Å². The van der Waals surface area contributed by atoms with Crippen LogP contribution in [-0.2, 0) is 16.6 Å². The quantitative estimate of drug-likeness (QED) is 0.811. The number of nitrogens with one attached hydrogen (secondary N) is 1. The van der Waals surface area contributed by atoms with Gasteiger partial charge in [-0.05, 0) is 18.2 Å². The maximum Gasteiger partial charge on any atom is 0.573 e. The number of hydrogen-bond acceptors (Lipinski definition) is 3. The zero-order chi connectivity index (χ0) is 18.0. The van der Waals surface area contributed by atoms with Gasteiger partial charge in [-0.15, -0.1) is 13.2 Å². The molecule has 0 saturated heterocycles. The van der Waals surface area contributed by atoms with Crippen LogP contribution in [0.3, 0.4) is 0 Å². The fourth-order valence-corrected chi connectivity index (χ4v) is 4.00. The van der Waals surface area contributed by atoms with Gasteiger partial charge in [0.15, 0.2) is 0 Å². The van der Waals surface area contributed by atoms with Gasteiger partial charge >= 0.3 is 6.36 Å². The van der Waals surface area contributed by atoms with E-state index in [4.69, 9.17) is 23.2 Å². The first kappa shape index (κ1) is 18.9. The lowest BCUT2D eigenvalue weighted by atomic mass is 10.2. The Bertz CT molecular complexity index is 821. The molecule has 2 rings (SSSR count). The summed E-state index contributed by atoms with van der Waals surface area (Å²) in [6, 6.07) is 9.32. The lowest BCUT2D eigenvalue weighted by Crippen LogP contribution is -2.25. The summed E-state index contributed by atoms with van der Waals surface area (Å²) in [4.78, 5) is -0.345. The summed E-state index contributed by atoms with van der Waals surface area (Å²) in [5.74, 6) is -0.502. The molecule has 10 heteroatoms. The van der Waals surface area contributed by atoms with Gasteiger partial charge < -0.3 is 4.74 Å². The standard InChI is InChI=1S/C14H10Cl2F3NO3S/c15-10-5-3-6-11(16)13(10)24(21,22)20-8-9-4-1-2-7-12(9)23-14(17,18)19/h1-7,20H,8H2. The zero-order valence-corrected chi connectivity index (χ0v) is 14.1. The lowest BCUT2D eigenvalue weighted by Gasteiger charge is -2.14. The van der Waals surface area contributed by atoms with Crippen molar-refractivity contribution in [3.8, 4) is 5.75 Å². The van der Waals surface area contributed by atoms with Gasteiger partial charge in [-0.2, -0.15) is 0 Å². The molecule has 0 aliphatic carbocycles. The molecule has 0 aliphatic rings. The normalized spacial score (nSPS) is 12.2. The molecule has 0 atom stereocenters. The first-order chi connectivity index (χ1) is 11.1. The summed E-state index contributed by atoms with van der Waals surface area (Å²) in [5.41, 5.74) is 0.00146. The number of rotatable bonds is 5. The fraction of sp³-hybridized carbons (Fsp3) is 0.143. The summed E-state index contributed by atoms with van der Waals surface area (Å²) in [6.07, 6.45) is -4.89. The Kier molecular flexibility index (Phi) is 5.64. The molecule has 0 fully saturated rings. The van der Waals surface area contributed by atoms with Gasteiger partial charge in [0.05, 0.1) is 10.0 Å². The Morgan fingerprint density at radius 1 is 1.00 bits per heavy atom. The van der Waals surface area contributed by atoms with Crippen LogP contribution in [0.5, 0.6) is 5.75 Å². The van der Waals surface area contributed by atoms with Crippen molar-refractivity contribution >= 4 is 33.2 Å². The van der Waals surface area contributed by atoms with Crippen molar-refractivity contribution in [2.24, 2.45) is 0 Å². The molecule has 24 heavy (non-hydrogen) atoms. The molecular formula is C14H10Cl2F3NO3S. The van der Waals surface area contributed by atoms with Gasteiger partial charge in [0.1, 0.15) is 10.6 Å². The van der Waals surface area contributed by atoms with Crippen LogP contribution < -0.4 is 9.46 Å². The van der Waals surface area contributed by atoms with Gasteiger partial charge in [-0.25, -0.2) is 13.1 Å². The Morgan fingerprint density at radius 3 is 2.17 bits per heavy atom. The van der Waals surface area contributed by atoms with Crippen LogP contribution >= 0.6 is 23.2 Å². The second kappa shape index (κ2) is 7.18. The topological polar surface area (TPSA) is 55.4 Å². The van der Waals surface area contributed by atoms with E-state index >= 15 is 0 Å². The predicted octanol–water partition coefficient (Wildman–Crippen LogP) is 4.37. The van der Waals surface area contributed by atoms with Crippen molar-refractivity contribution in [3.63, 3.8) is 0 Å². The Hall–Kier alpha value is -1.48. The zero-order valence-electron chi connectivity index (χ0n) is 11.8. The van der Waals surface area contributed by atoms with Gasteiger partial charge in [-0.1, -0.05) is 47.5 Å². The van der Waals surface area contributed by atoms with E-state index in [0.717, 1.165) is 6.07 Å².